The van der Waals surface area contributed by atoms with Gasteiger partial charge in [-0.25, -0.2) is 4.39 Å². The van der Waals surface area contributed by atoms with Crippen LogP contribution in [0.3, 0.4) is 0 Å². The summed E-state index contributed by atoms with van der Waals surface area (Å²) < 4.78 is 13.0. The van der Waals surface area contributed by atoms with Gasteiger partial charge in [0.2, 0.25) is 0 Å². The maximum absolute atomic E-state index is 13.0. The van der Waals surface area contributed by atoms with E-state index >= 15 is 0 Å². The fourth-order valence-corrected chi connectivity index (χ4v) is 2.54. The second-order valence-electron chi connectivity index (χ2n) is 5.33. The summed E-state index contributed by atoms with van der Waals surface area (Å²) in [5.74, 6) is -0.399. The van der Waals surface area contributed by atoms with Gasteiger partial charge in [-0.15, -0.1) is 0 Å². The van der Waals surface area contributed by atoms with E-state index in [2.05, 4.69) is 11.1 Å². The SMILES string of the molecule is CCC(O)(c1ccc(F)cn1)c1cc(C)c(C)cc1C. The zero-order valence-corrected chi connectivity index (χ0v) is 12.4. The Bertz CT molecular complexity index is 622. The van der Waals surface area contributed by atoms with Crippen LogP contribution in [0.15, 0.2) is 30.5 Å². The largest absolute Gasteiger partial charge is 0.379 e. The molecule has 0 bridgehead atoms. The van der Waals surface area contributed by atoms with Gasteiger partial charge in [-0.1, -0.05) is 19.1 Å². The lowest BCUT2D eigenvalue weighted by Gasteiger charge is -2.29. The quantitative estimate of drug-likeness (QED) is 0.923. The molecular formula is C17H20FNO. The predicted octanol–water partition coefficient (Wildman–Crippen LogP) is 3.79. The molecule has 20 heavy (non-hydrogen) atoms. The second-order valence-corrected chi connectivity index (χ2v) is 5.33. The number of hydrogen-bond acceptors (Lipinski definition) is 2. The van der Waals surface area contributed by atoms with Gasteiger partial charge in [-0.3, -0.25) is 4.98 Å². The molecule has 0 aliphatic rings. The van der Waals surface area contributed by atoms with Gasteiger partial charge < -0.3 is 5.11 Å². The van der Waals surface area contributed by atoms with E-state index in [0.717, 1.165) is 22.9 Å². The maximum atomic E-state index is 13.0. The normalized spacial score (nSPS) is 14.1. The van der Waals surface area contributed by atoms with Crippen molar-refractivity contribution in [3.8, 4) is 0 Å². The van der Waals surface area contributed by atoms with E-state index in [1.807, 2.05) is 33.8 Å². The third kappa shape index (κ3) is 2.46. The lowest BCUT2D eigenvalue weighted by Crippen LogP contribution is -2.29. The van der Waals surface area contributed by atoms with Crippen LogP contribution < -0.4 is 0 Å². The number of pyridine rings is 1. The fourth-order valence-electron chi connectivity index (χ4n) is 2.54. The molecule has 0 amide bonds. The standard InChI is InChI=1S/C17H20FNO/c1-5-17(20,16-7-6-14(18)10-19-16)15-9-12(3)11(2)8-13(15)4/h6-10,20H,5H2,1-4H3. The number of rotatable bonds is 3. The molecule has 1 unspecified atom stereocenters. The average Bonchev–Trinajstić information content (AvgIpc) is 2.43. The average molecular weight is 273 g/mol. The number of hydrogen-bond donors (Lipinski definition) is 1. The van der Waals surface area contributed by atoms with Crippen LogP contribution in [-0.4, -0.2) is 10.1 Å². The van der Waals surface area contributed by atoms with Gasteiger partial charge in [0.1, 0.15) is 11.4 Å². The molecule has 2 aromatic rings. The molecule has 0 aliphatic heterocycles. The van der Waals surface area contributed by atoms with Crippen molar-refractivity contribution >= 4 is 0 Å². The minimum Gasteiger partial charge on any atom is -0.379 e. The summed E-state index contributed by atoms with van der Waals surface area (Å²) in [6, 6.07) is 6.95. The second kappa shape index (κ2) is 5.33. The first-order chi connectivity index (χ1) is 9.38. The van der Waals surface area contributed by atoms with E-state index in [9.17, 15) is 9.50 Å². The van der Waals surface area contributed by atoms with Crippen LogP contribution in [0.2, 0.25) is 0 Å². The highest BCUT2D eigenvalue weighted by Crippen LogP contribution is 2.34. The van der Waals surface area contributed by atoms with Crippen LogP contribution in [-0.2, 0) is 5.60 Å². The van der Waals surface area contributed by atoms with Gasteiger partial charge >= 0.3 is 0 Å². The van der Waals surface area contributed by atoms with Crippen LogP contribution in [0.1, 0.15) is 41.3 Å². The Hall–Kier alpha value is -1.74. The van der Waals surface area contributed by atoms with Crippen molar-refractivity contribution in [2.24, 2.45) is 0 Å². The maximum Gasteiger partial charge on any atom is 0.141 e. The van der Waals surface area contributed by atoms with E-state index in [1.54, 1.807) is 6.07 Å². The highest BCUT2D eigenvalue weighted by Gasteiger charge is 2.32. The molecule has 0 aliphatic carbocycles. The molecule has 3 heteroatoms. The zero-order valence-electron chi connectivity index (χ0n) is 12.4. The molecule has 0 saturated carbocycles. The number of aromatic nitrogens is 1. The van der Waals surface area contributed by atoms with Crippen LogP contribution in [0.5, 0.6) is 0 Å². The molecule has 1 atom stereocenters. The summed E-state index contributed by atoms with van der Waals surface area (Å²) in [6.45, 7) is 7.95. The van der Waals surface area contributed by atoms with Gasteiger partial charge in [0.05, 0.1) is 11.9 Å². The Balaban J connectivity index is 2.61. The number of halogens is 1. The lowest BCUT2D eigenvalue weighted by molar-refractivity contribution is 0.0710. The third-order valence-corrected chi connectivity index (χ3v) is 3.95. The fraction of sp³-hybridized carbons (Fsp3) is 0.353. The van der Waals surface area contributed by atoms with Crippen molar-refractivity contribution in [3.63, 3.8) is 0 Å². The Morgan fingerprint density at radius 2 is 1.75 bits per heavy atom. The molecule has 1 aromatic heterocycles. The van der Waals surface area contributed by atoms with Crippen molar-refractivity contribution in [2.75, 3.05) is 0 Å². The number of aliphatic hydroxyl groups is 1. The van der Waals surface area contributed by atoms with E-state index in [-0.39, 0.29) is 0 Å². The van der Waals surface area contributed by atoms with Gasteiger partial charge in [-0.2, -0.15) is 0 Å². The number of benzene rings is 1. The summed E-state index contributed by atoms with van der Waals surface area (Å²) in [4.78, 5) is 4.07. The molecule has 2 rings (SSSR count). The Kier molecular flexibility index (Phi) is 3.91. The first-order valence-corrected chi connectivity index (χ1v) is 6.81. The predicted molar refractivity (Wildman–Crippen MR) is 78.1 cm³/mol. The summed E-state index contributed by atoms with van der Waals surface area (Å²) in [6.07, 6.45) is 1.63. The topological polar surface area (TPSA) is 33.1 Å². The summed E-state index contributed by atoms with van der Waals surface area (Å²) in [5, 5.41) is 11.1. The van der Waals surface area contributed by atoms with Crippen molar-refractivity contribution in [3.05, 3.63) is 64.2 Å². The van der Waals surface area contributed by atoms with Crippen LogP contribution >= 0.6 is 0 Å². The van der Waals surface area contributed by atoms with Crippen molar-refractivity contribution < 1.29 is 9.50 Å². The molecule has 1 heterocycles. The summed E-state index contributed by atoms with van der Waals surface area (Å²) >= 11 is 0. The van der Waals surface area contributed by atoms with Gasteiger partial charge in [0.25, 0.3) is 0 Å². The van der Waals surface area contributed by atoms with E-state index < -0.39 is 11.4 Å². The Morgan fingerprint density at radius 3 is 2.30 bits per heavy atom. The minimum absolute atomic E-state index is 0.399. The lowest BCUT2D eigenvalue weighted by atomic mass is 9.83. The van der Waals surface area contributed by atoms with Gasteiger partial charge in [0, 0.05) is 0 Å². The monoisotopic (exact) mass is 273 g/mol. The Labute approximate surface area is 119 Å². The highest BCUT2D eigenvalue weighted by atomic mass is 19.1. The van der Waals surface area contributed by atoms with Crippen molar-refractivity contribution in [1.29, 1.82) is 0 Å². The molecule has 1 aromatic carbocycles. The summed E-state index contributed by atoms with van der Waals surface area (Å²) in [7, 11) is 0. The summed E-state index contributed by atoms with van der Waals surface area (Å²) in [5.41, 5.74) is 3.46. The number of nitrogens with zero attached hydrogens (tertiary/aromatic N) is 1. The first kappa shape index (κ1) is 14.7. The third-order valence-electron chi connectivity index (χ3n) is 3.95. The highest BCUT2D eigenvalue weighted by molar-refractivity contribution is 5.43. The molecule has 0 spiro atoms. The molecule has 0 saturated heterocycles. The first-order valence-electron chi connectivity index (χ1n) is 6.81. The smallest absolute Gasteiger partial charge is 0.141 e. The van der Waals surface area contributed by atoms with Crippen LogP contribution in [0, 0.1) is 26.6 Å². The molecular weight excluding hydrogens is 253 g/mol. The van der Waals surface area contributed by atoms with Crippen molar-refractivity contribution in [2.45, 2.75) is 39.7 Å². The van der Waals surface area contributed by atoms with E-state index in [4.69, 9.17) is 0 Å². The molecule has 0 fully saturated rings. The molecule has 1 N–H and O–H groups in total. The van der Waals surface area contributed by atoms with Crippen molar-refractivity contribution in [1.82, 2.24) is 4.98 Å². The number of aryl methyl sites for hydroxylation is 3. The van der Waals surface area contributed by atoms with Gasteiger partial charge in [-0.05, 0) is 61.6 Å². The Morgan fingerprint density at radius 1 is 1.10 bits per heavy atom. The van der Waals surface area contributed by atoms with E-state index in [1.165, 1.54) is 11.6 Å². The molecule has 106 valence electrons. The van der Waals surface area contributed by atoms with Crippen LogP contribution in [0.25, 0.3) is 0 Å². The van der Waals surface area contributed by atoms with Gasteiger partial charge in [0.15, 0.2) is 0 Å². The molecule has 0 radical (unpaired) electrons. The minimum atomic E-state index is -1.18. The van der Waals surface area contributed by atoms with Crippen LogP contribution in [0.4, 0.5) is 4.39 Å². The van der Waals surface area contributed by atoms with E-state index in [0.29, 0.717) is 12.1 Å². The molecule has 2 nitrogen and oxygen atoms in total. The zero-order chi connectivity index (χ0) is 14.9.